The molecule has 0 radical (unpaired) electrons. The molecular weight excluding hydrogens is 332 g/mol. The van der Waals surface area contributed by atoms with E-state index in [0.29, 0.717) is 0 Å². The molecule has 1 aromatic rings. The number of carboxylic acid groups (broad SMARTS) is 1. The molecule has 1 heterocycles. The number of ether oxygens (including phenoxy) is 4. The quantitative estimate of drug-likeness (QED) is 0.486. The Bertz CT molecular complexity index is 725. The molecule has 0 aromatic heterocycles. The first-order valence-corrected chi connectivity index (χ1v) is 7.39. The zero-order valence-corrected chi connectivity index (χ0v) is 14.2. The lowest BCUT2D eigenvalue weighted by Crippen LogP contribution is -2.41. The lowest BCUT2D eigenvalue weighted by Gasteiger charge is -2.29. The van der Waals surface area contributed by atoms with E-state index in [4.69, 9.17) is 24.1 Å². The summed E-state index contributed by atoms with van der Waals surface area (Å²) in [7, 11) is 1.39. The number of carbonyl (C=O) groups is 3. The van der Waals surface area contributed by atoms with Crippen molar-refractivity contribution in [1.82, 2.24) is 0 Å². The first-order chi connectivity index (χ1) is 11.6. The molecule has 0 amide bonds. The number of carboxylic acids is 1. The smallest absolute Gasteiger partial charge is 0.348 e. The van der Waals surface area contributed by atoms with Crippen LogP contribution in [-0.2, 0) is 23.9 Å². The van der Waals surface area contributed by atoms with E-state index in [0.717, 1.165) is 0 Å². The van der Waals surface area contributed by atoms with Crippen LogP contribution < -0.4 is 9.47 Å². The van der Waals surface area contributed by atoms with E-state index >= 15 is 0 Å². The fourth-order valence-corrected chi connectivity index (χ4v) is 2.09. The van der Waals surface area contributed by atoms with Gasteiger partial charge in [0.05, 0.1) is 7.11 Å². The van der Waals surface area contributed by atoms with Crippen LogP contribution in [0.5, 0.6) is 11.5 Å². The standard InChI is InChI=1S/C17H18O8/c1-9(14(18)19)23-13-10(6-5-7-12(13)22-4)8-11-15(20)24-17(2,3)25-16(11)21/h5-9H,1-4H3,(H,18,19). The minimum absolute atomic E-state index is 0.0813. The van der Waals surface area contributed by atoms with Crippen molar-refractivity contribution in [2.75, 3.05) is 7.11 Å². The second-order valence-corrected chi connectivity index (χ2v) is 5.71. The molecule has 1 N–H and O–H groups in total. The zero-order chi connectivity index (χ0) is 18.8. The van der Waals surface area contributed by atoms with Gasteiger partial charge in [-0.15, -0.1) is 0 Å². The molecule has 25 heavy (non-hydrogen) atoms. The molecule has 1 aromatic carbocycles. The minimum Gasteiger partial charge on any atom is -0.493 e. The van der Waals surface area contributed by atoms with Crippen LogP contribution in [0.3, 0.4) is 0 Å². The molecule has 1 aliphatic rings. The van der Waals surface area contributed by atoms with Crippen molar-refractivity contribution >= 4 is 24.0 Å². The molecule has 0 spiro atoms. The van der Waals surface area contributed by atoms with E-state index < -0.39 is 29.8 Å². The third-order valence-electron chi connectivity index (χ3n) is 3.29. The summed E-state index contributed by atoms with van der Waals surface area (Å²) in [6.45, 7) is 4.22. The predicted molar refractivity (Wildman–Crippen MR) is 85.0 cm³/mol. The van der Waals surface area contributed by atoms with Crippen molar-refractivity contribution in [3.63, 3.8) is 0 Å². The van der Waals surface area contributed by atoms with Crippen molar-refractivity contribution in [3.8, 4) is 11.5 Å². The monoisotopic (exact) mass is 350 g/mol. The van der Waals surface area contributed by atoms with Crippen LogP contribution in [0.15, 0.2) is 23.8 Å². The van der Waals surface area contributed by atoms with Crippen LogP contribution >= 0.6 is 0 Å². The van der Waals surface area contributed by atoms with E-state index in [2.05, 4.69) is 0 Å². The number of hydrogen-bond donors (Lipinski definition) is 1. The number of para-hydroxylation sites is 1. The molecule has 1 unspecified atom stereocenters. The fourth-order valence-electron chi connectivity index (χ4n) is 2.09. The Morgan fingerprint density at radius 1 is 1.24 bits per heavy atom. The normalized spacial score (nSPS) is 17.2. The van der Waals surface area contributed by atoms with Gasteiger partial charge in [0.25, 0.3) is 5.79 Å². The molecule has 2 rings (SSSR count). The van der Waals surface area contributed by atoms with E-state index in [1.165, 1.54) is 34.0 Å². The van der Waals surface area contributed by atoms with Crippen LogP contribution in [0.1, 0.15) is 26.3 Å². The Balaban J connectivity index is 2.47. The van der Waals surface area contributed by atoms with Gasteiger partial charge in [0.1, 0.15) is 5.57 Å². The largest absolute Gasteiger partial charge is 0.493 e. The maximum atomic E-state index is 12.1. The summed E-state index contributed by atoms with van der Waals surface area (Å²) in [5.74, 6) is -3.89. The molecule has 1 saturated heterocycles. The van der Waals surface area contributed by atoms with Gasteiger partial charge in [0.15, 0.2) is 17.6 Å². The molecule has 1 fully saturated rings. The van der Waals surface area contributed by atoms with Gasteiger partial charge in [0, 0.05) is 19.4 Å². The second-order valence-electron chi connectivity index (χ2n) is 5.71. The maximum Gasteiger partial charge on any atom is 0.348 e. The molecule has 8 nitrogen and oxygen atoms in total. The first-order valence-electron chi connectivity index (χ1n) is 7.39. The highest BCUT2D eigenvalue weighted by atomic mass is 16.7. The number of esters is 2. The van der Waals surface area contributed by atoms with Gasteiger partial charge < -0.3 is 24.1 Å². The second kappa shape index (κ2) is 6.84. The summed E-state index contributed by atoms with van der Waals surface area (Å²) in [4.78, 5) is 35.2. The lowest BCUT2D eigenvalue weighted by atomic mass is 10.1. The van der Waals surface area contributed by atoms with Gasteiger partial charge in [-0.05, 0) is 19.1 Å². The van der Waals surface area contributed by atoms with Crippen molar-refractivity contribution < 1.29 is 38.4 Å². The van der Waals surface area contributed by atoms with Crippen LogP contribution in [0.4, 0.5) is 0 Å². The van der Waals surface area contributed by atoms with Gasteiger partial charge in [-0.3, -0.25) is 0 Å². The number of hydrogen-bond acceptors (Lipinski definition) is 7. The Kier molecular flexibility index (Phi) is 5.01. The Hall–Kier alpha value is -3.03. The van der Waals surface area contributed by atoms with Gasteiger partial charge in [-0.1, -0.05) is 12.1 Å². The highest BCUT2D eigenvalue weighted by molar-refractivity contribution is 6.19. The van der Waals surface area contributed by atoms with Crippen LogP contribution in [-0.4, -0.2) is 42.0 Å². The topological polar surface area (TPSA) is 108 Å². The number of rotatable bonds is 5. The summed E-state index contributed by atoms with van der Waals surface area (Å²) >= 11 is 0. The third kappa shape index (κ3) is 4.09. The summed E-state index contributed by atoms with van der Waals surface area (Å²) in [6.07, 6.45) is 0.0458. The van der Waals surface area contributed by atoms with E-state index in [9.17, 15) is 14.4 Å². The Labute approximate surface area is 143 Å². The van der Waals surface area contributed by atoms with Gasteiger partial charge >= 0.3 is 17.9 Å². The Morgan fingerprint density at radius 3 is 2.36 bits per heavy atom. The number of methoxy groups -OCH3 is 1. The molecule has 1 atom stereocenters. The van der Waals surface area contributed by atoms with Gasteiger partial charge in [-0.25, -0.2) is 14.4 Å². The van der Waals surface area contributed by atoms with Gasteiger partial charge in [-0.2, -0.15) is 0 Å². The SMILES string of the molecule is COc1cccc(C=C2C(=O)OC(C)(C)OC2=O)c1OC(C)C(=O)O. The molecule has 1 aliphatic heterocycles. The van der Waals surface area contributed by atoms with Crippen LogP contribution in [0.2, 0.25) is 0 Å². The highest BCUT2D eigenvalue weighted by Crippen LogP contribution is 2.34. The molecule has 8 heteroatoms. The maximum absolute atomic E-state index is 12.1. The van der Waals surface area contributed by atoms with E-state index in [1.807, 2.05) is 0 Å². The molecule has 0 bridgehead atoms. The fraction of sp³-hybridized carbons (Fsp3) is 0.353. The van der Waals surface area contributed by atoms with Crippen molar-refractivity contribution in [2.45, 2.75) is 32.7 Å². The highest BCUT2D eigenvalue weighted by Gasteiger charge is 2.39. The number of cyclic esters (lactones) is 2. The average Bonchev–Trinajstić information content (AvgIpc) is 2.50. The van der Waals surface area contributed by atoms with Crippen molar-refractivity contribution in [1.29, 1.82) is 0 Å². The van der Waals surface area contributed by atoms with Crippen molar-refractivity contribution in [2.24, 2.45) is 0 Å². The van der Waals surface area contributed by atoms with Crippen LogP contribution in [0.25, 0.3) is 6.08 Å². The van der Waals surface area contributed by atoms with Crippen molar-refractivity contribution in [3.05, 3.63) is 29.3 Å². The molecule has 0 saturated carbocycles. The third-order valence-corrected chi connectivity index (χ3v) is 3.29. The number of benzene rings is 1. The molecule has 134 valence electrons. The number of carbonyl (C=O) groups excluding carboxylic acids is 2. The molecular formula is C17H18O8. The van der Waals surface area contributed by atoms with Gasteiger partial charge in [0.2, 0.25) is 0 Å². The average molecular weight is 350 g/mol. The van der Waals surface area contributed by atoms with Crippen LogP contribution in [0, 0.1) is 0 Å². The zero-order valence-electron chi connectivity index (χ0n) is 14.2. The predicted octanol–water partition coefficient (Wildman–Crippen LogP) is 1.77. The summed E-state index contributed by atoms with van der Waals surface area (Å²) in [5.41, 5.74) is -0.0588. The first kappa shape index (κ1) is 18.3. The summed E-state index contributed by atoms with van der Waals surface area (Å²) in [6, 6.07) is 4.71. The van der Waals surface area contributed by atoms with E-state index in [1.54, 1.807) is 18.2 Å². The van der Waals surface area contributed by atoms with E-state index in [-0.39, 0.29) is 22.6 Å². The summed E-state index contributed by atoms with van der Waals surface area (Å²) < 4.78 is 20.6. The Morgan fingerprint density at radius 2 is 1.84 bits per heavy atom. The summed E-state index contributed by atoms with van der Waals surface area (Å²) in [5, 5.41) is 9.03. The minimum atomic E-state index is -1.35. The molecule has 0 aliphatic carbocycles. The number of aliphatic carboxylic acids is 1. The lowest BCUT2D eigenvalue weighted by molar-refractivity contribution is -0.222.